The van der Waals surface area contributed by atoms with E-state index in [4.69, 9.17) is 74.7 Å². The number of benzene rings is 2. The van der Waals surface area contributed by atoms with Crippen LogP contribution in [0.1, 0.15) is 90.2 Å². The van der Waals surface area contributed by atoms with E-state index in [-0.39, 0.29) is 57.2 Å². The number of ketones is 2. The molecule has 8 aliphatic heterocycles. The fourth-order valence-corrected chi connectivity index (χ4v) is 16.7. The summed E-state index contributed by atoms with van der Waals surface area (Å²) < 4.78 is 63.4. The number of anilines is 1. The van der Waals surface area contributed by atoms with Gasteiger partial charge in [0.2, 0.25) is 6.29 Å². The lowest BCUT2D eigenvalue weighted by atomic mass is 9.78. The minimum Gasteiger partial charge on any atom is -0.507 e. The van der Waals surface area contributed by atoms with Gasteiger partial charge >= 0.3 is 11.8 Å². The molecule has 2 saturated carbocycles. The van der Waals surface area contributed by atoms with Gasteiger partial charge in [-0.15, -0.1) is 0 Å². The predicted molar refractivity (Wildman–Crippen MR) is 429 cm³/mol. The van der Waals surface area contributed by atoms with Gasteiger partial charge < -0.3 is 177 Å². The summed E-state index contributed by atoms with van der Waals surface area (Å²) in [5, 5.41) is 191. The second kappa shape index (κ2) is 40.1. The standard InChI is InChI=1S/C43H58N4O12.C21H39N7O12.C14H24N2O7/c1-21-12-11-13-22(2)42(55)45-33-28(20-44-47-17-15-46(9)16-18-47)37(52)30-31(38(33)53)36(51)26(6)40-32(30)41(54)43(8,59-40)57-19-14-29(56-10)23(3)39(58-27(7)48)25(5)35(50)24(4)34(21)49;1-5-21(36,4-30)16(40-17-9(26-2)13(34)10(31)6(3-29)38-17)18(37-5)39-15-8(28-20(24)25)11(32)7(27-19(22)23)12(33)14(15)35;1-5-4-6(17)14(20)13(21-5)22-12-10(19)7(15-2)9(18)8(16-3)11(12)23-14/h11-14,19-21,23-25,29,34-35,39,49-53H,15-18H2,1-10H3,(H,45,55);4-18,26,29,31-36H,3H2,1-2H3,(H4,22,23,27)(H4,24,25,28);5,7-13,15-16,18-20H,4H2,1-3H3/b12-11+,19-14+,22-13-,44-20+;;/t21-,23+,24+,25+,29-,34-,35+,39+,43-;5-,6-,7+,8-,9-,10-,11+,12-,13-,14+,15+,16-,17-,18-,21+;5-,7-,8+,9+,10+,11-,12-,13+,14+/m001/s1. The van der Waals surface area contributed by atoms with Crippen LogP contribution in [0.5, 0.6) is 23.0 Å². The van der Waals surface area contributed by atoms with Gasteiger partial charge in [0.15, 0.2) is 47.9 Å². The molecule has 2 aromatic rings. The number of phenolic OH excluding ortho intramolecular Hbond substituents is 3. The predicted octanol–water partition coefficient (Wildman–Crippen LogP) is -6.54. The number of aliphatic hydroxyl groups is 12. The van der Waals surface area contributed by atoms with Gasteiger partial charge in [-0.25, -0.2) is 4.99 Å². The lowest BCUT2D eigenvalue weighted by molar-refractivity contribution is -0.420. The molecule has 44 nitrogen and oxygen atoms in total. The summed E-state index contributed by atoms with van der Waals surface area (Å²) in [5.41, 5.74) is 13.5. The van der Waals surface area contributed by atoms with Crippen LogP contribution in [0.2, 0.25) is 0 Å². The number of aliphatic hydroxyl groups excluding tert-OH is 10. The summed E-state index contributed by atoms with van der Waals surface area (Å²) in [5.74, 6) is -12.3. The zero-order valence-corrected chi connectivity index (χ0v) is 70.4. The zero-order chi connectivity index (χ0) is 90.7. The Labute approximate surface area is 703 Å². The number of methoxy groups -OCH3 is 1. The van der Waals surface area contributed by atoms with Crippen molar-refractivity contribution in [3.8, 4) is 23.0 Å². The Morgan fingerprint density at radius 1 is 0.730 bits per heavy atom. The first-order valence-electron chi connectivity index (χ1n) is 40.0. The number of aldehydes is 1. The van der Waals surface area contributed by atoms with E-state index in [0.717, 1.165) is 13.1 Å². The fraction of sp³-hybridized carbons (Fsp3) is 0.692. The van der Waals surface area contributed by atoms with Crippen molar-refractivity contribution < 1.29 is 153 Å². The van der Waals surface area contributed by atoms with Crippen LogP contribution < -0.4 is 48.5 Å². The summed E-state index contributed by atoms with van der Waals surface area (Å²) in [7, 11) is 8.08. The quantitative estimate of drug-likeness (QED) is 0.0197. The van der Waals surface area contributed by atoms with Crippen molar-refractivity contribution in [2.75, 3.05) is 73.4 Å². The molecule has 8 heterocycles. The number of aromatic hydroxyl groups is 3. The first-order valence-corrected chi connectivity index (χ1v) is 40.0. The molecule has 7 fully saturated rings. The average Bonchev–Trinajstić information content (AvgIpc) is 1.09. The summed E-state index contributed by atoms with van der Waals surface area (Å²) in [4.78, 5) is 70.6. The summed E-state index contributed by atoms with van der Waals surface area (Å²) in [6, 6.07) is -5.31. The van der Waals surface area contributed by atoms with Crippen molar-refractivity contribution in [2.24, 2.45) is 51.0 Å². The van der Waals surface area contributed by atoms with E-state index in [1.807, 2.05) is 7.05 Å². The zero-order valence-electron chi connectivity index (χ0n) is 70.4. The van der Waals surface area contributed by atoms with E-state index in [1.54, 1.807) is 65.9 Å². The number of guanidine groups is 2. The number of esters is 1. The molecule has 2 aromatic carbocycles. The Balaban J connectivity index is 0.000000229. The highest BCUT2D eigenvalue weighted by atomic mass is 16.8. The number of ether oxygens (including phenoxy) is 11. The van der Waals surface area contributed by atoms with Gasteiger partial charge in [0, 0.05) is 93.8 Å². The number of fused-ring (bicyclic) bond motifs is 16. The minimum absolute atomic E-state index is 0.00220. The Kier molecular flexibility index (Phi) is 32.1. The molecule has 0 unspecified atom stereocenters. The highest BCUT2D eigenvalue weighted by Gasteiger charge is 2.65. The maximum atomic E-state index is 14.4. The van der Waals surface area contributed by atoms with Crippen LogP contribution >= 0.6 is 0 Å². The monoisotopic (exact) mass is 1740 g/mol. The van der Waals surface area contributed by atoms with E-state index >= 15 is 0 Å². The number of phenols is 3. The smallest absolute Gasteiger partial charge is 0.312 e. The number of likely N-dealkylation sites (N-methyl/N-ethyl adjacent to an activating group) is 4. The van der Waals surface area contributed by atoms with E-state index in [2.05, 4.69) is 41.6 Å². The number of piperazine rings is 1. The molecule has 122 heavy (non-hydrogen) atoms. The number of rotatable bonds is 15. The summed E-state index contributed by atoms with van der Waals surface area (Å²) in [6.07, 6.45) is -18.0. The third-order valence-electron chi connectivity index (χ3n) is 24.2. The van der Waals surface area contributed by atoms with Crippen molar-refractivity contribution in [3.63, 3.8) is 0 Å². The normalized spacial score (nSPS) is 41.2. The second-order valence-corrected chi connectivity index (χ2v) is 32.4. The van der Waals surface area contributed by atoms with Crippen molar-refractivity contribution >= 4 is 64.3 Å². The number of Topliss-reactive ketones (excluding diaryl/α,β-unsaturated/α-hetero) is 2. The molecular weight excluding hydrogens is 1610 g/mol. The molecule has 0 radical (unpaired) electrons. The number of carbonyl (C=O) groups is 5. The van der Waals surface area contributed by atoms with E-state index in [0.29, 0.717) is 13.1 Å². The molecule has 5 bridgehead atoms. The van der Waals surface area contributed by atoms with Crippen LogP contribution in [0, 0.1) is 36.0 Å². The van der Waals surface area contributed by atoms with Gasteiger partial charge in [0.1, 0.15) is 96.5 Å². The van der Waals surface area contributed by atoms with Crippen molar-refractivity contribution in [1.82, 2.24) is 31.2 Å². The average molecular weight is 1740 g/mol. The van der Waals surface area contributed by atoms with Crippen molar-refractivity contribution in [3.05, 3.63) is 52.8 Å². The van der Waals surface area contributed by atoms with E-state index in [1.165, 1.54) is 73.4 Å². The van der Waals surface area contributed by atoms with Gasteiger partial charge in [-0.05, 0) is 62.0 Å². The SMILES string of the molecule is CN[C@@H]1[C@H](O)[C@H](NC)[C@H]2O[C@@]3(O)C(=O)C[C@@H](C)O[C@H]3O[C@@H]2[C@H]1O.CN[C@@H]1[C@H](O[C@H]2[C@H](O[C@H]3[C@H](O)[C@@H](O)[C@H](N=C(N)N)[C@@H](O)[C@@H]3NC(=N)N)O[C@@H](C)[C@]2(O)C=O)O[C@@H](CO)[C@H](O)[C@H]1O.CO[C@H]1/C=C/O[C@@]2(C)Oc3c(C)c(O)c4c(O)c(c(/C=N/N5CCN(C)CC5)c(O)c4c3C2=O)NC(=O)/C(C)=C\C=C\[C@H](C)[C@H](O)[C@@H](C)[C@@H](O)[C@@H](C)[C@H](OC(C)=O)[C@@H]1C. The first-order chi connectivity index (χ1) is 57.3. The topological polar surface area (TPSA) is 684 Å². The lowest BCUT2D eigenvalue weighted by Gasteiger charge is -2.55. The molecule has 12 rings (SSSR count). The summed E-state index contributed by atoms with van der Waals surface area (Å²) in [6.45, 7) is 17.4. The summed E-state index contributed by atoms with van der Waals surface area (Å²) >= 11 is 0. The van der Waals surface area contributed by atoms with E-state index < -0.39 is 259 Å². The molecule has 33 atom stereocenters. The minimum atomic E-state index is -2.39. The number of hydrogen-bond acceptors (Lipinski definition) is 39. The molecular formula is C78H121N13O31. The van der Waals surface area contributed by atoms with Gasteiger partial charge in [-0.1, -0.05) is 45.9 Å². The Morgan fingerprint density at radius 3 is 1.97 bits per heavy atom. The van der Waals surface area contributed by atoms with Crippen LogP contribution in [0.15, 0.2) is 46.2 Å². The number of amides is 1. The van der Waals surface area contributed by atoms with Crippen LogP contribution in [-0.2, 0) is 66.5 Å². The van der Waals surface area contributed by atoms with Gasteiger partial charge in [-0.2, -0.15) is 5.10 Å². The molecule has 684 valence electrons. The molecule has 1 amide bonds. The number of carbonyl (C=O) groups excluding carboxylic acids is 5. The number of hydrazone groups is 1. The Bertz CT molecular complexity index is 4220. The third kappa shape index (κ3) is 19.6. The lowest BCUT2D eigenvalue weighted by Crippen LogP contribution is -2.77. The highest BCUT2D eigenvalue weighted by Crippen LogP contribution is 2.55. The maximum Gasteiger partial charge on any atom is 0.312 e. The Morgan fingerprint density at radius 2 is 1.38 bits per heavy atom. The van der Waals surface area contributed by atoms with Crippen LogP contribution in [-0.4, -0.2) is 379 Å². The molecule has 27 N–H and O–H groups in total. The van der Waals surface area contributed by atoms with Gasteiger partial charge in [0.05, 0.1) is 102 Å². The molecule has 44 heteroatoms. The fourth-order valence-electron chi connectivity index (χ4n) is 16.7. The number of allylic oxidation sites excluding steroid dienone is 2. The second-order valence-electron chi connectivity index (χ2n) is 32.4. The molecule has 10 aliphatic rings. The highest BCUT2D eigenvalue weighted by molar-refractivity contribution is 6.24. The van der Waals surface area contributed by atoms with Crippen molar-refractivity contribution in [1.29, 1.82) is 5.41 Å². The number of hydrogen-bond donors (Lipinski definition) is 24. The molecule has 5 saturated heterocycles. The van der Waals surface area contributed by atoms with Crippen LogP contribution in [0.25, 0.3) is 10.8 Å². The van der Waals surface area contributed by atoms with Crippen LogP contribution in [0.4, 0.5) is 5.69 Å². The van der Waals surface area contributed by atoms with Gasteiger partial charge in [0.25, 0.3) is 17.5 Å². The number of aliphatic imine (C=N–C) groups is 1. The molecule has 0 spiro atoms. The number of nitrogens with two attached hydrogens (primary N) is 3. The largest absolute Gasteiger partial charge is 0.507 e. The maximum absolute atomic E-state index is 14.4. The Hall–Kier alpha value is -8.08. The first kappa shape index (κ1) is 97.7. The van der Waals surface area contributed by atoms with E-state index in [9.17, 15) is 101 Å². The molecule has 0 aromatic heterocycles. The number of nitrogens with zero attached hydrogens (tertiary/aromatic N) is 4. The molecule has 2 aliphatic carbocycles. The van der Waals surface area contributed by atoms with Gasteiger partial charge in [-0.3, -0.25) is 34.4 Å². The number of nitrogens with one attached hydrogen (secondary N) is 6. The van der Waals surface area contributed by atoms with Crippen LogP contribution in [0.3, 0.4) is 0 Å². The van der Waals surface area contributed by atoms with Crippen molar-refractivity contribution in [2.45, 2.75) is 252 Å². The third-order valence-corrected chi connectivity index (χ3v) is 24.2.